The van der Waals surface area contributed by atoms with Crippen molar-refractivity contribution in [3.63, 3.8) is 0 Å². The van der Waals surface area contributed by atoms with Crippen LogP contribution in [0.3, 0.4) is 0 Å². The summed E-state index contributed by atoms with van der Waals surface area (Å²) >= 11 is 0. The summed E-state index contributed by atoms with van der Waals surface area (Å²) in [7, 11) is 2.27. The van der Waals surface area contributed by atoms with E-state index in [1.165, 1.54) is 25.7 Å². The van der Waals surface area contributed by atoms with Gasteiger partial charge in [0.15, 0.2) is 0 Å². The minimum absolute atomic E-state index is 0.336. The average Bonchev–Trinajstić information content (AvgIpc) is 2.95. The summed E-state index contributed by atoms with van der Waals surface area (Å²) < 4.78 is 0. The molecule has 3 atom stereocenters. The van der Waals surface area contributed by atoms with Gasteiger partial charge in [0, 0.05) is 18.1 Å². The summed E-state index contributed by atoms with van der Waals surface area (Å²) in [4.78, 5) is 2.55. The molecule has 2 aliphatic carbocycles. The Bertz CT molecular complexity index is 233. The Labute approximate surface area is 94.2 Å². The third-order valence-corrected chi connectivity index (χ3v) is 4.87. The van der Waals surface area contributed by atoms with E-state index in [0.29, 0.717) is 17.5 Å². The lowest BCUT2D eigenvalue weighted by Crippen LogP contribution is -2.50. The molecule has 0 spiro atoms. The first-order valence-electron chi connectivity index (χ1n) is 6.41. The molecule has 3 unspecified atom stereocenters. The quantitative estimate of drug-likeness (QED) is 0.774. The maximum absolute atomic E-state index is 6.37. The van der Waals surface area contributed by atoms with E-state index in [9.17, 15) is 0 Å². The maximum atomic E-state index is 6.37. The third-order valence-electron chi connectivity index (χ3n) is 4.87. The predicted octanol–water partition coefficient (Wildman–Crippen LogP) is 2.23. The normalized spacial score (nSPS) is 37.2. The highest BCUT2D eigenvalue weighted by molar-refractivity contribution is 5.00. The monoisotopic (exact) mass is 210 g/mol. The summed E-state index contributed by atoms with van der Waals surface area (Å²) in [5, 5.41) is 0. The number of rotatable bonds is 3. The molecule has 2 rings (SSSR count). The van der Waals surface area contributed by atoms with Crippen molar-refractivity contribution >= 4 is 0 Å². The van der Waals surface area contributed by atoms with Crippen molar-refractivity contribution < 1.29 is 0 Å². The molecule has 0 radical (unpaired) electrons. The molecule has 15 heavy (non-hydrogen) atoms. The van der Waals surface area contributed by atoms with E-state index in [2.05, 4.69) is 32.7 Å². The zero-order valence-corrected chi connectivity index (χ0v) is 10.7. The minimum Gasteiger partial charge on any atom is -0.326 e. The van der Waals surface area contributed by atoms with Gasteiger partial charge in [-0.3, -0.25) is 4.90 Å². The molecule has 2 fully saturated rings. The SMILES string of the molecule is CC(C1CC1)N(C)C1CCC(C)(C)C1N. The molecule has 0 heterocycles. The van der Waals surface area contributed by atoms with Gasteiger partial charge < -0.3 is 5.73 Å². The second-order valence-electron chi connectivity index (χ2n) is 6.36. The Morgan fingerprint density at radius 1 is 1.27 bits per heavy atom. The lowest BCUT2D eigenvalue weighted by molar-refractivity contribution is 0.141. The fraction of sp³-hybridized carbons (Fsp3) is 1.00. The highest BCUT2D eigenvalue weighted by atomic mass is 15.2. The highest BCUT2D eigenvalue weighted by Gasteiger charge is 2.44. The fourth-order valence-electron chi connectivity index (χ4n) is 3.06. The van der Waals surface area contributed by atoms with Crippen molar-refractivity contribution in [1.82, 2.24) is 4.90 Å². The molecule has 0 saturated heterocycles. The van der Waals surface area contributed by atoms with Crippen LogP contribution in [0.5, 0.6) is 0 Å². The van der Waals surface area contributed by atoms with Gasteiger partial charge in [0.2, 0.25) is 0 Å². The molecule has 0 bridgehead atoms. The summed E-state index contributed by atoms with van der Waals surface area (Å²) in [6.45, 7) is 7.00. The number of nitrogens with zero attached hydrogens (tertiary/aromatic N) is 1. The number of hydrogen-bond acceptors (Lipinski definition) is 2. The molecule has 0 aromatic rings. The van der Waals surface area contributed by atoms with Crippen LogP contribution < -0.4 is 5.73 Å². The van der Waals surface area contributed by atoms with Gasteiger partial charge in [0.1, 0.15) is 0 Å². The van der Waals surface area contributed by atoms with Crippen LogP contribution in [0.2, 0.25) is 0 Å². The van der Waals surface area contributed by atoms with Crippen molar-refractivity contribution in [3.05, 3.63) is 0 Å². The second-order valence-corrected chi connectivity index (χ2v) is 6.36. The summed E-state index contributed by atoms with van der Waals surface area (Å²) in [6, 6.07) is 1.69. The third kappa shape index (κ3) is 2.07. The predicted molar refractivity (Wildman–Crippen MR) is 64.7 cm³/mol. The Morgan fingerprint density at radius 2 is 1.87 bits per heavy atom. The standard InChI is InChI=1S/C13H26N2/c1-9(10-5-6-10)15(4)11-7-8-13(2,3)12(11)14/h9-12H,5-8,14H2,1-4H3. The topological polar surface area (TPSA) is 29.3 Å². The Balaban J connectivity index is 1.98. The van der Waals surface area contributed by atoms with Crippen molar-refractivity contribution in [3.8, 4) is 0 Å². The molecular weight excluding hydrogens is 184 g/mol. The van der Waals surface area contributed by atoms with Crippen molar-refractivity contribution in [2.45, 2.75) is 64.6 Å². The molecule has 0 aliphatic heterocycles. The molecule has 0 aromatic heterocycles. The molecule has 88 valence electrons. The zero-order valence-electron chi connectivity index (χ0n) is 10.7. The van der Waals surface area contributed by atoms with Gasteiger partial charge in [-0.1, -0.05) is 13.8 Å². The first-order valence-corrected chi connectivity index (χ1v) is 6.41. The van der Waals surface area contributed by atoms with Crippen LogP contribution in [0.15, 0.2) is 0 Å². The fourth-order valence-corrected chi connectivity index (χ4v) is 3.06. The van der Waals surface area contributed by atoms with Crippen molar-refractivity contribution in [2.75, 3.05) is 7.05 Å². The van der Waals surface area contributed by atoms with Gasteiger partial charge in [-0.15, -0.1) is 0 Å². The minimum atomic E-state index is 0.336. The average molecular weight is 210 g/mol. The van der Waals surface area contributed by atoms with Gasteiger partial charge in [-0.2, -0.15) is 0 Å². The summed E-state index contributed by atoms with van der Waals surface area (Å²) in [5.41, 5.74) is 6.71. The van der Waals surface area contributed by atoms with Crippen LogP contribution in [0.25, 0.3) is 0 Å². The van der Waals surface area contributed by atoms with Crippen LogP contribution in [0, 0.1) is 11.3 Å². The molecule has 2 aliphatic rings. The smallest absolute Gasteiger partial charge is 0.0252 e. The van der Waals surface area contributed by atoms with Gasteiger partial charge >= 0.3 is 0 Å². The second kappa shape index (κ2) is 3.74. The van der Waals surface area contributed by atoms with E-state index < -0.39 is 0 Å². The van der Waals surface area contributed by atoms with E-state index in [1.54, 1.807) is 0 Å². The molecular formula is C13H26N2. The molecule has 0 amide bonds. The summed E-state index contributed by atoms with van der Waals surface area (Å²) in [5.74, 6) is 0.950. The van der Waals surface area contributed by atoms with Crippen LogP contribution >= 0.6 is 0 Å². The Kier molecular flexibility index (Phi) is 2.85. The molecule has 2 nitrogen and oxygen atoms in total. The molecule has 2 heteroatoms. The first-order chi connectivity index (χ1) is 6.93. The van der Waals surface area contributed by atoms with Crippen molar-refractivity contribution in [1.29, 1.82) is 0 Å². The molecule has 0 aromatic carbocycles. The molecule has 2 N–H and O–H groups in total. The van der Waals surface area contributed by atoms with E-state index in [-0.39, 0.29) is 0 Å². The van der Waals surface area contributed by atoms with Gasteiger partial charge in [0.25, 0.3) is 0 Å². The number of nitrogens with two attached hydrogens (primary N) is 1. The molecule has 2 saturated carbocycles. The van der Waals surface area contributed by atoms with Crippen LogP contribution in [0.4, 0.5) is 0 Å². The highest BCUT2D eigenvalue weighted by Crippen LogP contribution is 2.41. The van der Waals surface area contributed by atoms with E-state index in [4.69, 9.17) is 5.73 Å². The Hall–Kier alpha value is -0.0800. The van der Waals surface area contributed by atoms with Gasteiger partial charge in [0.05, 0.1) is 0 Å². The van der Waals surface area contributed by atoms with Crippen LogP contribution in [-0.2, 0) is 0 Å². The largest absolute Gasteiger partial charge is 0.326 e. The van der Waals surface area contributed by atoms with E-state index in [0.717, 1.165) is 12.0 Å². The van der Waals surface area contributed by atoms with Crippen molar-refractivity contribution in [2.24, 2.45) is 17.1 Å². The van der Waals surface area contributed by atoms with Gasteiger partial charge in [-0.05, 0) is 51.0 Å². The number of likely N-dealkylation sites (N-methyl/N-ethyl adjacent to an activating group) is 1. The lowest BCUT2D eigenvalue weighted by Gasteiger charge is -2.36. The Morgan fingerprint density at radius 3 is 2.27 bits per heavy atom. The summed E-state index contributed by atoms with van der Waals surface area (Å²) in [6.07, 6.45) is 5.41. The van der Waals surface area contributed by atoms with E-state index >= 15 is 0 Å². The first kappa shape index (κ1) is 11.4. The van der Waals surface area contributed by atoms with Crippen LogP contribution in [-0.4, -0.2) is 30.1 Å². The number of hydrogen-bond donors (Lipinski definition) is 1. The van der Waals surface area contributed by atoms with Crippen LogP contribution in [0.1, 0.15) is 46.5 Å². The lowest BCUT2D eigenvalue weighted by atomic mass is 9.87. The maximum Gasteiger partial charge on any atom is 0.0252 e. The zero-order chi connectivity index (χ0) is 11.2. The van der Waals surface area contributed by atoms with Gasteiger partial charge in [-0.25, -0.2) is 0 Å². The van der Waals surface area contributed by atoms with E-state index in [1.807, 2.05) is 0 Å².